The number of rotatable bonds is 4. The third kappa shape index (κ3) is 2.97. The van der Waals surface area contributed by atoms with Crippen molar-refractivity contribution in [2.24, 2.45) is 0 Å². The van der Waals surface area contributed by atoms with Crippen LogP contribution in [-0.2, 0) is 0 Å². The van der Waals surface area contributed by atoms with Crippen LogP contribution >= 0.6 is 0 Å². The number of aromatic nitrogens is 2. The van der Waals surface area contributed by atoms with Gasteiger partial charge in [0.25, 0.3) is 5.91 Å². The van der Waals surface area contributed by atoms with Crippen LogP contribution in [0.5, 0.6) is 5.75 Å². The average Bonchev–Trinajstić information content (AvgIpc) is 2.73. The Balaban J connectivity index is 1.94. The first-order valence-corrected chi connectivity index (χ1v) is 9.31. The molecule has 0 saturated carbocycles. The summed E-state index contributed by atoms with van der Waals surface area (Å²) in [6, 6.07) is 19.8. The summed E-state index contributed by atoms with van der Waals surface area (Å²) in [5, 5.41) is 14.6. The van der Waals surface area contributed by atoms with Crippen LogP contribution < -0.4 is 5.43 Å². The van der Waals surface area contributed by atoms with E-state index in [1.54, 1.807) is 4.90 Å². The zero-order chi connectivity index (χ0) is 19.7. The Morgan fingerprint density at radius 2 is 1.61 bits per heavy atom. The second-order valence-corrected chi connectivity index (χ2v) is 6.86. The Hall–Kier alpha value is -3.41. The molecule has 0 fully saturated rings. The summed E-state index contributed by atoms with van der Waals surface area (Å²) in [4.78, 5) is 26.4. The van der Waals surface area contributed by atoms with Gasteiger partial charge in [-0.2, -0.15) is 5.10 Å². The van der Waals surface area contributed by atoms with Crippen LogP contribution in [-0.4, -0.2) is 38.8 Å². The van der Waals surface area contributed by atoms with Crippen LogP contribution in [0, 0.1) is 0 Å². The second-order valence-electron chi connectivity index (χ2n) is 6.86. The highest BCUT2D eigenvalue weighted by Crippen LogP contribution is 2.39. The molecule has 0 aliphatic carbocycles. The van der Waals surface area contributed by atoms with E-state index >= 15 is 0 Å². The minimum absolute atomic E-state index is 0.0394. The molecule has 1 aliphatic rings. The summed E-state index contributed by atoms with van der Waals surface area (Å²) in [7, 11) is 0. The van der Waals surface area contributed by atoms with Gasteiger partial charge in [0.1, 0.15) is 0 Å². The van der Waals surface area contributed by atoms with Gasteiger partial charge in [-0.15, -0.1) is 0 Å². The molecular formula is C22H21N3O3. The number of likely N-dealkylation sites (N-methyl/N-ethyl adjacent to an activating group) is 1. The third-order valence-corrected chi connectivity index (χ3v) is 5.28. The molecule has 6 heteroatoms. The minimum Gasteiger partial charge on any atom is -0.502 e. The highest BCUT2D eigenvalue weighted by atomic mass is 16.3. The number of carbonyl (C=O) groups excluding carboxylic acids is 1. The lowest BCUT2D eigenvalue weighted by molar-refractivity contribution is 0.0646. The molecule has 0 saturated heterocycles. The maximum atomic E-state index is 12.8. The third-order valence-electron chi connectivity index (χ3n) is 5.28. The van der Waals surface area contributed by atoms with Crippen molar-refractivity contribution in [2.45, 2.75) is 18.9 Å². The molecule has 0 bridgehead atoms. The number of hydrogen-bond donors (Lipinski definition) is 1. The van der Waals surface area contributed by atoms with Crippen LogP contribution in [0.15, 0.2) is 71.7 Å². The number of carbonyl (C=O) groups is 1. The van der Waals surface area contributed by atoms with Gasteiger partial charge in [0.15, 0.2) is 11.4 Å². The number of benzene rings is 2. The van der Waals surface area contributed by atoms with Gasteiger partial charge in [-0.05, 0) is 18.1 Å². The van der Waals surface area contributed by atoms with E-state index in [4.69, 9.17) is 0 Å². The van der Waals surface area contributed by atoms with Crippen molar-refractivity contribution < 1.29 is 9.90 Å². The predicted octanol–water partition coefficient (Wildman–Crippen LogP) is 2.80. The molecule has 0 radical (unpaired) electrons. The van der Waals surface area contributed by atoms with E-state index in [2.05, 4.69) is 5.10 Å². The molecular weight excluding hydrogens is 354 g/mol. The monoisotopic (exact) mass is 375 g/mol. The summed E-state index contributed by atoms with van der Waals surface area (Å²) >= 11 is 0. The highest BCUT2D eigenvalue weighted by Gasteiger charge is 2.38. The molecule has 2 aromatic carbocycles. The van der Waals surface area contributed by atoms with Gasteiger partial charge in [0, 0.05) is 19.0 Å². The molecule has 6 nitrogen and oxygen atoms in total. The molecule has 1 aromatic heterocycles. The Labute approximate surface area is 162 Å². The standard InChI is InChI=1S/C22H21N3O3/c1-2-24-14-17(25-20(22(24)28)21(27)18(26)13-23-25)19(15-9-5-3-6-10-15)16-11-7-4-8-12-16/h3-13,17,19,27H,2,14H2,1H3/t17-/m1/s1. The molecule has 142 valence electrons. The fourth-order valence-electron chi connectivity index (χ4n) is 3.92. The number of hydrogen-bond acceptors (Lipinski definition) is 4. The molecule has 1 amide bonds. The lowest BCUT2D eigenvalue weighted by Gasteiger charge is -2.38. The smallest absolute Gasteiger partial charge is 0.276 e. The Morgan fingerprint density at radius 1 is 1.04 bits per heavy atom. The SMILES string of the molecule is CCN1C[C@H](C(c2ccccc2)c2ccccc2)n2ncc(=O)c(O)c2C1=O. The Kier molecular flexibility index (Phi) is 4.69. The maximum absolute atomic E-state index is 12.8. The molecule has 1 aliphatic heterocycles. The largest absolute Gasteiger partial charge is 0.502 e. The van der Waals surface area contributed by atoms with E-state index in [0.29, 0.717) is 13.1 Å². The van der Waals surface area contributed by atoms with Gasteiger partial charge >= 0.3 is 0 Å². The maximum Gasteiger partial charge on any atom is 0.276 e. The molecule has 2 heterocycles. The van der Waals surface area contributed by atoms with Crippen molar-refractivity contribution in [1.82, 2.24) is 14.7 Å². The van der Waals surface area contributed by atoms with Gasteiger partial charge < -0.3 is 10.0 Å². The molecule has 28 heavy (non-hydrogen) atoms. The van der Waals surface area contributed by atoms with E-state index in [0.717, 1.165) is 17.3 Å². The first kappa shape index (κ1) is 18.0. The average molecular weight is 375 g/mol. The molecule has 0 unspecified atom stereocenters. The Bertz CT molecular complexity index is 1010. The van der Waals surface area contributed by atoms with E-state index < -0.39 is 11.2 Å². The summed E-state index contributed by atoms with van der Waals surface area (Å²) in [5.41, 5.74) is 1.47. The van der Waals surface area contributed by atoms with Crippen molar-refractivity contribution in [2.75, 3.05) is 13.1 Å². The molecule has 3 aromatic rings. The van der Waals surface area contributed by atoms with Crippen LogP contribution in [0.4, 0.5) is 0 Å². The fraction of sp³-hybridized carbons (Fsp3) is 0.227. The quantitative estimate of drug-likeness (QED) is 0.761. The van der Waals surface area contributed by atoms with Gasteiger partial charge in [0.2, 0.25) is 5.43 Å². The number of nitrogens with zero attached hydrogens (tertiary/aromatic N) is 3. The molecule has 4 rings (SSSR count). The summed E-state index contributed by atoms with van der Waals surface area (Å²) in [6.07, 6.45) is 1.08. The molecule has 1 N–H and O–H groups in total. The minimum atomic E-state index is -0.646. The zero-order valence-electron chi connectivity index (χ0n) is 15.5. The predicted molar refractivity (Wildman–Crippen MR) is 106 cm³/mol. The number of fused-ring (bicyclic) bond motifs is 1. The summed E-state index contributed by atoms with van der Waals surface area (Å²) in [5.74, 6) is -1.01. The first-order valence-electron chi connectivity index (χ1n) is 9.31. The molecule has 1 atom stereocenters. The fourth-order valence-corrected chi connectivity index (χ4v) is 3.92. The van der Waals surface area contributed by atoms with Crippen molar-refractivity contribution in [3.63, 3.8) is 0 Å². The zero-order valence-corrected chi connectivity index (χ0v) is 15.5. The van der Waals surface area contributed by atoms with E-state index in [1.807, 2.05) is 67.6 Å². The van der Waals surface area contributed by atoms with Crippen LogP contribution in [0.1, 0.15) is 40.5 Å². The Morgan fingerprint density at radius 3 is 2.14 bits per heavy atom. The van der Waals surface area contributed by atoms with Crippen molar-refractivity contribution in [3.05, 3.63) is 93.9 Å². The second kappa shape index (κ2) is 7.31. The molecule has 0 spiro atoms. The van der Waals surface area contributed by atoms with Gasteiger partial charge in [0.05, 0.1) is 12.2 Å². The van der Waals surface area contributed by atoms with Crippen LogP contribution in [0.3, 0.4) is 0 Å². The lowest BCUT2D eigenvalue weighted by atomic mass is 9.83. The van der Waals surface area contributed by atoms with Crippen molar-refractivity contribution >= 4 is 5.91 Å². The highest BCUT2D eigenvalue weighted by molar-refractivity contribution is 5.95. The van der Waals surface area contributed by atoms with Crippen LogP contribution in [0.25, 0.3) is 0 Å². The van der Waals surface area contributed by atoms with Gasteiger partial charge in [-0.1, -0.05) is 60.7 Å². The van der Waals surface area contributed by atoms with Gasteiger partial charge in [-0.25, -0.2) is 0 Å². The topological polar surface area (TPSA) is 75.4 Å². The van der Waals surface area contributed by atoms with E-state index in [-0.39, 0.29) is 23.6 Å². The van der Waals surface area contributed by atoms with Gasteiger partial charge in [-0.3, -0.25) is 14.3 Å². The lowest BCUT2D eigenvalue weighted by Crippen LogP contribution is -2.46. The number of aromatic hydroxyl groups is 1. The number of amides is 1. The normalized spacial score (nSPS) is 16.3. The first-order chi connectivity index (χ1) is 13.6. The summed E-state index contributed by atoms with van der Waals surface area (Å²) < 4.78 is 1.52. The summed E-state index contributed by atoms with van der Waals surface area (Å²) in [6.45, 7) is 2.80. The van der Waals surface area contributed by atoms with E-state index in [1.165, 1.54) is 4.68 Å². The van der Waals surface area contributed by atoms with Crippen molar-refractivity contribution in [3.8, 4) is 5.75 Å². The van der Waals surface area contributed by atoms with E-state index in [9.17, 15) is 14.7 Å². The van der Waals surface area contributed by atoms with Crippen LogP contribution in [0.2, 0.25) is 0 Å². The van der Waals surface area contributed by atoms with Crippen molar-refractivity contribution in [1.29, 1.82) is 0 Å².